The smallest absolute Gasteiger partial charge is 0.0700 e. The maximum absolute atomic E-state index is 6.20. The molecule has 0 saturated carbocycles. The van der Waals surface area contributed by atoms with Crippen LogP contribution in [0.3, 0.4) is 0 Å². The zero-order valence-electron chi connectivity index (χ0n) is 11.7. The number of ether oxygens (including phenoxy) is 2. The van der Waals surface area contributed by atoms with E-state index < -0.39 is 0 Å². The van der Waals surface area contributed by atoms with Gasteiger partial charge in [0, 0.05) is 35.4 Å². The zero-order chi connectivity index (χ0) is 14.8. The van der Waals surface area contributed by atoms with Gasteiger partial charge >= 0.3 is 0 Å². The minimum absolute atomic E-state index is 0.186. The summed E-state index contributed by atoms with van der Waals surface area (Å²) >= 11 is 15.9. The van der Waals surface area contributed by atoms with E-state index in [1.54, 1.807) is 7.11 Å². The van der Waals surface area contributed by atoms with Gasteiger partial charge in [0.1, 0.15) is 0 Å². The van der Waals surface area contributed by atoms with Crippen molar-refractivity contribution in [3.8, 4) is 0 Å². The van der Waals surface area contributed by atoms with Crippen LogP contribution in [0.1, 0.15) is 18.4 Å². The molecule has 5 heteroatoms. The summed E-state index contributed by atoms with van der Waals surface area (Å²) in [5.41, 5.74) is 0.997. The average Bonchev–Trinajstić information content (AvgIpc) is 2.48. The third kappa shape index (κ3) is 5.53. The van der Waals surface area contributed by atoms with Gasteiger partial charge in [-0.3, -0.25) is 0 Å². The van der Waals surface area contributed by atoms with Crippen LogP contribution >= 0.6 is 39.1 Å². The van der Waals surface area contributed by atoms with Gasteiger partial charge in [-0.25, -0.2) is 0 Å². The molecule has 0 radical (unpaired) electrons. The molecule has 0 unspecified atom stereocenters. The summed E-state index contributed by atoms with van der Waals surface area (Å²) in [4.78, 5) is 0. The average molecular weight is 384 g/mol. The maximum atomic E-state index is 6.20. The molecule has 0 aromatic heterocycles. The number of halogens is 3. The number of rotatable bonds is 10. The van der Waals surface area contributed by atoms with E-state index >= 15 is 0 Å². The van der Waals surface area contributed by atoms with Crippen LogP contribution in [-0.2, 0) is 14.9 Å². The topological polar surface area (TPSA) is 18.5 Å². The molecule has 0 bridgehead atoms. The fraction of sp³-hybridized carbons (Fsp3) is 0.600. The van der Waals surface area contributed by atoms with E-state index in [4.69, 9.17) is 32.7 Å². The Hall–Kier alpha value is 0.200. The van der Waals surface area contributed by atoms with Gasteiger partial charge in [-0.2, -0.15) is 0 Å². The van der Waals surface area contributed by atoms with Gasteiger partial charge in [0.05, 0.1) is 13.2 Å². The lowest BCUT2D eigenvalue weighted by molar-refractivity contribution is 0.0670. The second-order valence-electron chi connectivity index (χ2n) is 4.76. The highest BCUT2D eigenvalue weighted by atomic mass is 79.9. The van der Waals surface area contributed by atoms with Crippen molar-refractivity contribution in [2.45, 2.75) is 18.3 Å². The van der Waals surface area contributed by atoms with Crippen molar-refractivity contribution < 1.29 is 9.47 Å². The molecular formula is C15H21BrCl2O2. The van der Waals surface area contributed by atoms with Crippen molar-refractivity contribution in [2.75, 3.05) is 38.7 Å². The normalized spacial score (nSPS) is 11.8. The third-order valence-corrected chi connectivity index (χ3v) is 4.90. The summed E-state index contributed by atoms with van der Waals surface area (Å²) in [7, 11) is 1.67. The quantitative estimate of drug-likeness (QED) is 0.434. The summed E-state index contributed by atoms with van der Waals surface area (Å²) in [6, 6.07) is 8.22. The molecule has 2 nitrogen and oxygen atoms in total. The lowest BCUT2D eigenvalue weighted by Crippen LogP contribution is -2.31. The van der Waals surface area contributed by atoms with Gasteiger partial charge in [0.15, 0.2) is 0 Å². The molecule has 0 aliphatic rings. The minimum Gasteiger partial charge on any atom is -0.382 e. The Labute approximate surface area is 139 Å². The van der Waals surface area contributed by atoms with Crippen LogP contribution in [-0.4, -0.2) is 38.7 Å². The highest BCUT2D eigenvalue weighted by Crippen LogP contribution is 2.33. The van der Waals surface area contributed by atoms with Crippen molar-refractivity contribution in [3.05, 3.63) is 34.3 Å². The van der Waals surface area contributed by atoms with Gasteiger partial charge in [-0.15, -0.1) is 23.2 Å². The van der Waals surface area contributed by atoms with E-state index in [1.165, 1.54) is 5.56 Å². The molecule has 0 spiro atoms. The lowest BCUT2D eigenvalue weighted by atomic mass is 9.80. The van der Waals surface area contributed by atoms with Crippen molar-refractivity contribution in [3.63, 3.8) is 0 Å². The molecule has 1 rings (SSSR count). The molecule has 0 saturated heterocycles. The Balaban J connectivity index is 2.56. The Morgan fingerprint density at radius 1 is 1.05 bits per heavy atom. The first-order valence-corrected chi connectivity index (χ1v) is 8.49. The molecule has 1 aromatic carbocycles. The van der Waals surface area contributed by atoms with E-state index in [9.17, 15) is 0 Å². The molecule has 0 fully saturated rings. The second kappa shape index (κ2) is 10.0. The molecule has 0 amide bonds. The Morgan fingerprint density at radius 2 is 1.70 bits per heavy atom. The monoisotopic (exact) mass is 382 g/mol. The van der Waals surface area contributed by atoms with Crippen LogP contribution in [0, 0.1) is 0 Å². The standard InChI is InChI=1S/C15H21BrCl2O2/c1-19-9-10-20-8-2-7-15(11-17,12-18)13-3-5-14(16)6-4-13/h3-6H,2,7-12H2,1H3. The van der Waals surface area contributed by atoms with E-state index in [0.29, 0.717) is 31.6 Å². The highest BCUT2D eigenvalue weighted by molar-refractivity contribution is 9.10. The summed E-state index contributed by atoms with van der Waals surface area (Å²) in [6.45, 7) is 1.96. The fourth-order valence-corrected chi connectivity index (χ4v) is 3.15. The third-order valence-electron chi connectivity index (χ3n) is 3.34. The molecule has 114 valence electrons. The first kappa shape index (κ1) is 18.2. The first-order chi connectivity index (χ1) is 9.68. The predicted octanol–water partition coefficient (Wildman–Crippen LogP) is 4.61. The zero-order valence-corrected chi connectivity index (χ0v) is 14.8. The summed E-state index contributed by atoms with van der Waals surface area (Å²) in [6.07, 6.45) is 1.84. The number of methoxy groups -OCH3 is 1. The van der Waals surface area contributed by atoms with Gasteiger partial charge in [-0.05, 0) is 30.5 Å². The number of hydrogen-bond acceptors (Lipinski definition) is 2. The Bertz CT molecular complexity index is 367. The van der Waals surface area contributed by atoms with Crippen LogP contribution in [0.4, 0.5) is 0 Å². The summed E-state index contributed by atoms with van der Waals surface area (Å²) < 4.78 is 11.5. The number of benzene rings is 1. The molecular weight excluding hydrogens is 363 g/mol. The van der Waals surface area contributed by atoms with Gasteiger partial charge < -0.3 is 9.47 Å². The largest absolute Gasteiger partial charge is 0.382 e. The van der Waals surface area contributed by atoms with Crippen LogP contribution in [0.2, 0.25) is 0 Å². The van der Waals surface area contributed by atoms with Crippen molar-refractivity contribution in [1.29, 1.82) is 0 Å². The van der Waals surface area contributed by atoms with Gasteiger partial charge in [-0.1, -0.05) is 28.1 Å². The Kier molecular flexibility index (Phi) is 9.14. The van der Waals surface area contributed by atoms with Crippen molar-refractivity contribution in [2.24, 2.45) is 0 Å². The second-order valence-corrected chi connectivity index (χ2v) is 6.21. The van der Waals surface area contributed by atoms with Gasteiger partial charge in [0.25, 0.3) is 0 Å². The Morgan fingerprint density at radius 3 is 2.25 bits per heavy atom. The molecule has 20 heavy (non-hydrogen) atoms. The van der Waals surface area contributed by atoms with Crippen LogP contribution in [0.25, 0.3) is 0 Å². The SMILES string of the molecule is COCCOCCCC(CCl)(CCl)c1ccc(Br)cc1. The van der Waals surface area contributed by atoms with E-state index in [-0.39, 0.29) is 5.41 Å². The van der Waals surface area contributed by atoms with Crippen LogP contribution in [0.15, 0.2) is 28.7 Å². The molecule has 0 aliphatic carbocycles. The fourth-order valence-electron chi connectivity index (χ4n) is 2.03. The van der Waals surface area contributed by atoms with Crippen LogP contribution < -0.4 is 0 Å². The van der Waals surface area contributed by atoms with Crippen molar-refractivity contribution in [1.82, 2.24) is 0 Å². The van der Waals surface area contributed by atoms with E-state index in [1.807, 2.05) is 12.1 Å². The highest BCUT2D eigenvalue weighted by Gasteiger charge is 2.30. The van der Waals surface area contributed by atoms with Crippen molar-refractivity contribution >= 4 is 39.1 Å². The van der Waals surface area contributed by atoms with E-state index in [2.05, 4.69) is 28.1 Å². The number of hydrogen-bond donors (Lipinski definition) is 0. The molecule has 1 aromatic rings. The first-order valence-electron chi connectivity index (χ1n) is 6.63. The summed E-state index contributed by atoms with van der Waals surface area (Å²) in [5.74, 6) is 1.02. The molecule has 0 N–H and O–H groups in total. The number of alkyl halides is 2. The van der Waals surface area contributed by atoms with Crippen LogP contribution in [0.5, 0.6) is 0 Å². The van der Waals surface area contributed by atoms with Gasteiger partial charge in [0.2, 0.25) is 0 Å². The summed E-state index contributed by atoms with van der Waals surface area (Å²) in [5, 5.41) is 0. The molecule has 0 heterocycles. The maximum Gasteiger partial charge on any atom is 0.0700 e. The molecule has 0 aliphatic heterocycles. The molecule has 0 atom stereocenters. The lowest BCUT2D eigenvalue weighted by Gasteiger charge is -2.30. The predicted molar refractivity (Wildman–Crippen MR) is 89.2 cm³/mol. The van der Waals surface area contributed by atoms with E-state index in [0.717, 1.165) is 17.3 Å². The minimum atomic E-state index is -0.186.